The first-order chi connectivity index (χ1) is 8.30. The molecule has 1 rings (SSSR count). The molecule has 0 aliphatic carbocycles. The molecule has 1 heterocycles. The second-order valence-corrected chi connectivity index (χ2v) is 4.39. The standard InChI is InChI=1S/C14H24N2O/c1-3-5-12-6-7-15-14(10-12)11-13(4-2)16-8-9-17/h6-7,10,13,16-17H,3-5,8-9,11H2,1-2H3. The Morgan fingerprint density at radius 3 is 2.88 bits per heavy atom. The third-order valence-corrected chi connectivity index (χ3v) is 2.91. The van der Waals surface area contributed by atoms with Gasteiger partial charge in [-0.25, -0.2) is 0 Å². The summed E-state index contributed by atoms with van der Waals surface area (Å²) < 4.78 is 0. The van der Waals surface area contributed by atoms with Crippen LogP contribution in [0.4, 0.5) is 0 Å². The Morgan fingerprint density at radius 1 is 1.41 bits per heavy atom. The molecule has 1 aromatic heterocycles. The maximum atomic E-state index is 8.81. The van der Waals surface area contributed by atoms with Crippen LogP contribution in [0.25, 0.3) is 0 Å². The number of hydrogen-bond acceptors (Lipinski definition) is 3. The summed E-state index contributed by atoms with van der Waals surface area (Å²) >= 11 is 0. The maximum absolute atomic E-state index is 8.81. The molecule has 3 heteroatoms. The number of pyridine rings is 1. The number of aliphatic hydroxyl groups excluding tert-OH is 1. The second-order valence-electron chi connectivity index (χ2n) is 4.39. The van der Waals surface area contributed by atoms with Crippen LogP contribution in [-0.4, -0.2) is 29.3 Å². The molecule has 0 amide bonds. The lowest BCUT2D eigenvalue weighted by molar-refractivity contribution is 0.282. The summed E-state index contributed by atoms with van der Waals surface area (Å²) in [6.45, 7) is 5.20. The van der Waals surface area contributed by atoms with Crippen molar-refractivity contribution in [1.29, 1.82) is 0 Å². The molecule has 0 aliphatic rings. The highest BCUT2D eigenvalue weighted by molar-refractivity contribution is 5.17. The second kappa shape index (κ2) is 8.20. The molecule has 0 bridgehead atoms. The molecule has 0 spiro atoms. The fraction of sp³-hybridized carbons (Fsp3) is 0.643. The van der Waals surface area contributed by atoms with Gasteiger partial charge in [-0.05, 0) is 30.5 Å². The van der Waals surface area contributed by atoms with Crippen LogP contribution in [0.5, 0.6) is 0 Å². The van der Waals surface area contributed by atoms with Gasteiger partial charge < -0.3 is 10.4 Å². The molecule has 0 fully saturated rings. The minimum Gasteiger partial charge on any atom is -0.395 e. The van der Waals surface area contributed by atoms with Crippen LogP contribution in [0, 0.1) is 0 Å². The topological polar surface area (TPSA) is 45.2 Å². The predicted molar refractivity (Wildman–Crippen MR) is 71.1 cm³/mol. The van der Waals surface area contributed by atoms with Crippen LogP contribution >= 0.6 is 0 Å². The van der Waals surface area contributed by atoms with Crippen LogP contribution in [-0.2, 0) is 12.8 Å². The number of nitrogens with one attached hydrogen (secondary N) is 1. The van der Waals surface area contributed by atoms with Crippen molar-refractivity contribution in [2.24, 2.45) is 0 Å². The fourth-order valence-electron chi connectivity index (χ4n) is 1.97. The van der Waals surface area contributed by atoms with Crippen molar-refractivity contribution in [1.82, 2.24) is 10.3 Å². The van der Waals surface area contributed by atoms with Gasteiger partial charge in [-0.15, -0.1) is 0 Å². The van der Waals surface area contributed by atoms with Crippen molar-refractivity contribution in [2.45, 2.75) is 45.6 Å². The van der Waals surface area contributed by atoms with Crippen molar-refractivity contribution in [3.05, 3.63) is 29.6 Å². The molecule has 0 aliphatic heterocycles. The van der Waals surface area contributed by atoms with Crippen LogP contribution in [0.2, 0.25) is 0 Å². The monoisotopic (exact) mass is 236 g/mol. The first-order valence-electron chi connectivity index (χ1n) is 6.58. The van der Waals surface area contributed by atoms with Crippen LogP contribution in [0.15, 0.2) is 18.3 Å². The third kappa shape index (κ3) is 5.29. The number of nitrogens with zero attached hydrogens (tertiary/aromatic N) is 1. The summed E-state index contributed by atoms with van der Waals surface area (Å²) in [6, 6.07) is 4.70. The molecule has 0 radical (unpaired) electrons. The minimum absolute atomic E-state index is 0.194. The summed E-state index contributed by atoms with van der Waals surface area (Å²) in [7, 11) is 0. The van der Waals surface area contributed by atoms with E-state index < -0.39 is 0 Å². The SMILES string of the molecule is CCCc1ccnc(CC(CC)NCCO)c1. The molecule has 3 nitrogen and oxygen atoms in total. The van der Waals surface area contributed by atoms with Gasteiger partial charge in [0.1, 0.15) is 0 Å². The van der Waals surface area contributed by atoms with E-state index in [9.17, 15) is 0 Å². The van der Waals surface area contributed by atoms with Crippen LogP contribution in [0.1, 0.15) is 37.9 Å². The molecular weight excluding hydrogens is 212 g/mol. The zero-order chi connectivity index (χ0) is 12.5. The number of aliphatic hydroxyl groups is 1. The lowest BCUT2D eigenvalue weighted by atomic mass is 10.1. The van der Waals surface area contributed by atoms with E-state index in [0.29, 0.717) is 12.6 Å². The quantitative estimate of drug-likeness (QED) is 0.725. The minimum atomic E-state index is 0.194. The van der Waals surface area contributed by atoms with Gasteiger partial charge in [0, 0.05) is 30.9 Å². The molecule has 1 unspecified atom stereocenters. The zero-order valence-corrected chi connectivity index (χ0v) is 10.9. The highest BCUT2D eigenvalue weighted by Crippen LogP contribution is 2.08. The Hall–Kier alpha value is -0.930. The maximum Gasteiger partial charge on any atom is 0.0556 e. The molecule has 2 N–H and O–H groups in total. The van der Waals surface area contributed by atoms with E-state index in [0.717, 1.165) is 25.0 Å². The highest BCUT2D eigenvalue weighted by atomic mass is 16.3. The van der Waals surface area contributed by atoms with Gasteiger partial charge in [-0.2, -0.15) is 0 Å². The fourth-order valence-corrected chi connectivity index (χ4v) is 1.97. The number of aromatic nitrogens is 1. The van der Waals surface area contributed by atoms with Crippen molar-refractivity contribution >= 4 is 0 Å². The summed E-state index contributed by atoms with van der Waals surface area (Å²) in [6.07, 6.45) is 6.19. The summed E-state index contributed by atoms with van der Waals surface area (Å²) in [5.74, 6) is 0. The third-order valence-electron chi connectivity index (χ3n) is 2.91. The van der Waals surface area contributed by atoms with Crippen LogP contribution < -0.4 is 5.32 Å². The molecule has 17 heavy (non-hydrogen) atoms. The van der Waals surface area contributed by atoms with E-state index in [1.807, 2.05) is 6.20 Å². The van der Waals surface area contributed by atoms with Gasteiger partial charge >= 0.3 is 0 Å². The number of aryl methyl sites for hydroxylation is 1. The lowest BCUT2D eigenvalue weighted by Crippen LogP contribution is -2.33. The van der Waals surface area contributed by atoms with E-state index in [2.05, 4.69) is 36.3 Å². The van der Waals surface area contributed by atoms with Gasteiger partial charge in [-0.1, -0.05) is 20.3 Å². The van der Waals surface area contributed by atoms with Gasteiger partial charge in [0.2, 0.25) is 0 Å². The Kier molecular flexibility index (Phi) is 6.82. The Balaban J connectivity index is 2.55. The van der Waals surface area contributed by atoms with E-state index >= 15 is 0 Å². The molecular formula is C14H24N2O. The van der Waals surface area contributed by atoms with Crippen LogP contribution in [0.3, 0.4) is 0 Å². The molecule has 0 aromatic carbocycles. The Morgan fingerprint density at radius 2 is 2.24 bits per heavy atom. The summed E-state index contributed by atoms with van der Waals surface area (Å²) in [4.78, 5) is 4.41. The van der Waals surface area contributed by atoms with E-state index in [4.69, 9.17) is 5.11 Å². The van der Waals surface area contributed by atoms with Crippen molar-refractivity contribution in [3.8, 4) is 0 Å². The first kappa shape index (κ1) is 14.1. The number of hydrogen-bond donors (Lipinski definition) is 2. The molecule has 1 aromatic rings. The van der Waals surface area contributed by atoms with E-state index in [1.165, 1.54) is 12.0 Å². The number of rotatable bonds is 8. The normalized spacial score (nSPS) is 12.6. The van der Waals surface area contributed by atoms with Gasteiger partial charge in [0.15, 0.2) is 0 Å². The van der Waals surface area contributed by atoms with Crippen molar-refractivity contribution < 1.29 is 5.11 Å². The van der Waals surface area contributed by atoms with Crippen molar-refractivity contribution in [2.75, 3.05) is 13.2 Å². The van der Waals surface area contributed by atoms with Crippen molar-refractivity contribution in [3.63, 3.8) is 0 Å². The van der Waals surface area contributed by atoms with Gasteiger partial charge in [0.25, 0.3) is 0 Å². The molecule has 0 saturated heterocycles. The lowest BCUT2D eigenvalue weighted by Gasteiger charge is -2.16. The van der Waals surface area contributed by atoms with Gasteiger partial charge in [-0.3, -0.25) is 4.98 Å². The van der Waals surface area contributed by atoms with E-state index in [-0.39, 0.29) is 6.61 Å². The van der Waals surface area contributed by atoms with Gasteiger partial charge in [0.05, 0.1) is 6.61 Å². The smallest absolute Gasteiger partial charge is 0.0556 e. The highest BCUT2D eigenvalue weighted by Gasteiger charge is 2.07. The largest absolute Gasteiger partial charge is 0.395 e. The molecule has 96 valence electrons. The average Bonchev–Trinajstić information content (AvgIpc) is 2.35. The summed E-state index contributed by atoms with van der Waals surface area (Å²) in [5, 5.41) is 12.1. The Labute approximate surface area is 104 Å². The molecule has 0 saturated carbocycles. The molecule has 1 atom stereocenters. The Bertz CT molecular complexity index is 315. The summed E-state index contributed by atoms with van der Waals surface area (Å²) in [5.41, 5.74) is 2.52. The average molecular weight is 236 g/mol. The predicted octanol–water partition coefficient (Wildman–Crippen LogP) is 1.94. The zero-order valence-electron chi connectivity index (χ0n) is 10.9. The first-order valence-corrected chi connectivity index (χ1v) is 6.58. The van der Waals surface area contributed by atoms with E-state index in [1.54, 1.807) is 0 Å².